The highest BCUT2D eigenvalue weighted by Crippen LogP contribution is 2.27. The van der Waals surface area contributed by atoms with Gasteiger partial charge in [-0.1, -0.05) is 0 Å². The molecule has 0 saturated heterocycles. The second kappa shape index (κ2) is 4.90. The first-order chi connectivity index (χ1) is 9.01. The van der Waals surface area contributed by atoms with Gasteiger partial charge in [-0.2, -0.15) is 5.26 Å². The zero-order valence-electron chi connectivity index (χ0n) is 9.60. The number of carboxylic acid groups (broad SMARTS) is 1. The van der Waals surface area contributed by atoms with Crippen molar-refractivity contribution < 1.29 is 18.7 Å². The van der Waals surface area contributed by atoms with Gasteiger partial charge in [0.2, 0.25) is 0 Å². The van der Waals surface area contributed by atoms with Crippen LogP contribution in [-0.4, -0.2) is 15.6 Å². The molecule has 0 atom stereocenters. The van der Waals surface area contributed by atoms with E-state index < -0.39 is 17.6 Å². The Labute approximate surface area is 107 Å². The SMILES string of the molecule is N#Cc1cn(CC(=O)O)cc1-c1cc(F)ccc1F. The predicted octanol–water partition coefficient (Wildman–Crippen LogP) is 2.39. The minimum Gasteiger partial charge on any atom is -0.480 e. The lowest BCUT2D eigenvalue weighted by molar-refractivity contribution is -0.137. The summed E-state index contributed by atoms with van der Waals surface area (Å²) in [4.78, 5) is 10.6. The van der Waals surface area contributed by atoms with Crippen LogP contribution in [0.25, 0.3) is 11.1 Å². The molecule has 0 amide bonds. The van der Waals surface area contributed by atoms with Crippen molar-refractivity contribution in [1.82, 2.24) is 4.57 Å². The monoisotopic (exact) mass is 262 g/mol. The number of nitrogens with zero attached hydrogens (tertiary/aromatic N) is 2. The Bertz CT molecular complexity index is 686. The van der Waals surface area contributed by atoms with E-state index in [1.165, 1.54) is 17.0 Å². The number of carboxylic acids is 1. The Morgan fingerprint density at radius 1 is 1.32 bits per heavy atom. The Hall–Kier alpha value is -2.68. The molecular weight excluding hydrogens is 254 g/mol. The van der Waals surface area contributed by atoms with Crippen molar-refractivity contribution in [2.75, 3.05) is 0 Å². The molecule has 2 aromatic rings. The van der Waals surface area contributed by atoms with Crippen LogP contribution >= 0.6 is 0 Å². The second-order valence-corrected chi connectivity index (χ2v) is 3.89. The van der Waals surface area contributed by atoms with Crippen LogP contribution in [0.2, 0.25) is 0 Å². The molecule has 6 heteroatoms. The minimum atomic E-state index is -1.09. The Kier molecular flexibility index (Phi) is 3.29. The van der Waals surface area contributed by atoms with Crippen LogP contribution in [0.1, 0.15) is 5.56 Å². The number of hydrogen-bond donors (Lipinski definition) is 1. The number of aliphatic carboxylic acids is 1. The largest absolute Gasteiger partial charge is 0.480 e. The van der Waals surface area contributed by atoms with Crippen molar-refractivity contribution in [2.45, 2.75) is 6.54 Å². The van der Waals surface area contributed by atoms with Crippen molar-refractivity contribution in [3.05, 3.63) is 47.8 Å². The highest BCUT2D eigenvalue weighted by molar-refractivity contribution is 5.72. The molecule has 1 aromatic heterocycles. The van der Waals surface area contributed by atoms with Crippen LogP contribution in [0.15, 0.2) is 30.6 Å². The molecule has 0 aliphatic rings. The number of rotatable bonds is 3. The summed E-state index contributed by atoms with van der Waals surface area (Å²) < 4.78 is 28.0. The van der Waals surface area contributed by atoms with Crippen LogP contribution in [0.3, 0.4) is 0 Å². The smallest absolute Gasteiger partial charge is 0.323 e. The molecule has 4 nitrogen and oxygen atoms in total. The van der Waals surface area contributed by atoms with Crippen LogP contribution in [-0.2, 0) is 11.3 Å². The fraction of sp³-hybridized carbons (Fsp3) is 0.0769. The molecule has 1 aromatic carbocycles. The fourth-order valence-corrected chi connectivity index (χ4v) is 1.76. The zero-order chi connectivity index (χ0) is 14.0. The summed E-state index contributed by atoms with van der Waals surface area (Å²) in [6.45, 7) is -0.356. The van der Waals surface area contributed by atoms with Crippen molar-refractivity contribution in [3.8, 4) is 17.2 Å². The van der Waals surface area contributed by atoms with E-state index in [0.29, 0.717) is 0 Å². The average molecular weight is 262 g/mol. The van der Waals surface area contributed by atoms with Crippen molar-refractivity contribution in [2.24, 2.45) is 0 Å². The first-order valence-electron chi connectivity index (χ1n) is 5.28. The molecule has 2 rings (SSSR count). The highest BCUT2D eigenvalue weighted by Gasteiger charge is 2.14. The highest BCUT2D eigenvalue weighted by atomic mass is 19.1. The van der Waals surface area contributed by atoms with Crippen LogP contribution < -0.4 is 0 Å². The number of hydrogen-bond acceptors (Lipinski definition) is 2. The molecule has 19 heavy (non-hydrogen) atoms. The average Bonchev–Trinajstić information content (AvgIpc) is 2.74. The molecule has 0 aliphatic heterocycles. The third-order valence-corrected chi connectivity index (χ3v) is 2.54. The Morgan fingerprint density at radius 2 is 2.05 bits per heavy atom. The zero-order valence-corrected chi connectivity index (χ0v) is 9.60. The number of nitriles is 1. The lowest BCUT2D eigenvalue weighted by Gasteiger charge is -2.01. The molecular formula is C13H8F2N2O2. The van der Waals surface area contributed by atoms with Crippen LogP contribution in [0.5, 0.6) is 0 Å². The predicted molar refractivity (Wildman–Crippen MR) is 62.1 cm³/mol. The molecule has 0 bridgehead atoms. The third-order valence-electron chi connectivity index (χ3n) is 2.54. The van der Waals surface area contributed by atoms with Gasteiger partial charge >= 0.3 is 5.97 Å². The van der Waals surface area contributed by atoms with Gasteiger partial charge in [0, 0.05) is 23.5 Å². The maximum atomic E-state index is 13.6. The van der Waals surface area contributed by atoms with Gasteiger partial charge in [-0.15, -0.1) is 0 Å². The Balaban J connectivity index is 2.55. The van der Waals surface area contributed by atoms with Gasteiger partial charge < -0.3 is 9.67 Å². The van der Waals surface area contributed by atoms with E-state index in [9.17, 15) is 13.6 Å². The first kappa shape index (κ1) is 12.8. The van der Waals surface area contributed by atoms with Gasteiger partial charge in [-0.25, -0.2) is 8.78 Å². The molecule has 0 aliphatic carbocycles. The standard InChI is InChI=1S/C13H8F2N2O2/c14-9-1-2-12(15)10(3-9)11-6-17(7-13(18)19)5-8(11)4-16/h1-3,5-6H,7H2,(H,18,19). The number of benzene rings is 1. The molecule has 0 unspecified atom stereocenters. The summed E-state index contributed by atoms with van der Waals surface area (Å²) in [5.41, 5.74) is 0.187. The first-order valence-corrected chi connectivity index (χ1v) is 5.28. The van der Waals surface area contributed by atoms with E-state index in [2.05, 4.69) is 0 Å². The fourth-order valence-electron chi connectivity index (χ4n) is 1.76. The van der Waals surface area contributed by atoms with Crippen LogP contribution in [0.4, 0.5) is 8.78 Å². The number of aromatic nitrogens is 1. The summed E-state index contributed by atoms with van der Waals surface area (Å²) in [7, 11) is 0. The van der Waals surface area contributed by atoms with E-state index in [1.54, 1.807) is 0 Å². The Morgan fingerprint density at radius 3 is 2.68 bits per heavy atom. The lowest BCUT2D eigenvalue weighted by atomic mass is 10.0. The topological polar surface area (TPSA) is 66.0 Å². The minimum absolute atomic E-state index is 0.0688. The second-order valence-electron chi connectivity index (χ2n) is 3.89. The van der Waals surface area contributed by atoms with Crippen molar-refractivity contribution >= 4 is 5.97 Å². The summed E-state index contributed by atoms with van der Waals surface area (Å²) >= 11 is 0. The van der Waals surface area contributed by atoms with Crippen molar-refractivity contribution in [3.63, 3.8) is 0 Å². The number of halogens is 2. The molecule has 1 N–H and O–H groups in total. The van der Waals surface area contributed by atoms with E-state index in [0.717, 1.165) is 18.2 Å². The van der Waals surface area contributed by atoms with Gasteiger partial charge in [0.1, 0.15) is 24.2 Å². The van der Waals surface area contributed by atoms with Gasteiger partial charge in [-0.05, 0) is 18.2 Å². The molecule has 0 radical (unpaired) electrons. The van der Waals surface area contributed by atoms with Gasteiger partial charge in [0.15, 0.2) is 0 Å². The summed E-state index contributed by atoms with van der Waals surface area (Å²) in [5, 5.41) is 17.6. The van der Waals surface area contributed by atoms with E-state index in [-0.39, 0.29) is 23.2 Å². The maximum absolute atomic E-state index is 13.6. The normalized spacial score (nSPS) is 10.2. The maximum Gasteiger partial charge on any atom is 0.323 e. The molecule has 96 valence electrons. The van der Waals surface area contributed by atoms with Crippen molar-refractivity contribution in [1.29, 1.82) is 5.26 Å². The molecule has 0 spiro atoms. The van der Waals surface area contributed by atoms with Gasteiger partial charge in [0.05, 0.1) is 5.56 Å². The van der Waals surface area contributed by atoms with E-state index in [1.807, 2.05) is 6.07 Å². The molecule has 0 saturated carbocycles. The summed E-state index contributed by atoms with van der Waals surface area (Å²) in [6, 6.07) is 4.73. The van der Waals surface area contributed by atoms with Gasteiger partial charge in [-0.3, -0.25) is 4.79 Å². The molecule has 0 fully saturated rings. The molecule has 1 heterocycles. The summed E-state index contributed by atoms with van der Waals surface area (Å²) in [5.74, 6) is -2.40. The summed E-state index contributed by atoms with van der Waals surface area (Å²) in [6.07, 6.45) is 2.60. The third kappa shape index (κ3) is 2.60. The van der Waals surface area contributed by atoms with E-state index >= 15 is 0 Å². The lowest BCUT2D eigenvalue weighted by Crippen LogP contribution is -2.06. The number of carbonyl (C=O) groups is 1. The van der Waals surface area contributed by atoms with E-state index in [4.69, 9.17) is 10.4 Å². The quantitative estimate of drug-likeness (QED) is 0.923. The van der Waals surface area contributed by atoms with Gasteiger partial charge in [0.25, 0.3) is 0 Å². The van der Waals surface area contributed by atoms with Crippen LogP contribution in [0, 0.1) is 23.0 Å².